The number of nitrogens with two attached hydrogens (primary N) is 1. The number of rotatable bonds is 7. The summed E-state index contributed by atoms with van der Waals surface area (Å²) in [5.41, 5.74) is 5.84. The molecule has 3 atom stereocenters. The predicted octanol–water partition coefficient (Wildman–Crippen LogP) is 3.64. The van der Waals surface area contributed by atoms with Crippen molar-refractivity contribution in [2.24, 2.45) is 11.7 Å². The fourth-order valence-electron chi connectivity index (χ4n) is 5.80. The number of benzene rings is 2. The Morgan fingerprint density at radius 3 is 2.55 bits per heavy atom. The van der Waals surface area contributed by atoms with Gasteiger partial charge in [-0.05, 0) is 43.2 Å². The van der Waals surface area contributed by atoms with Gasteiger partial charge in [0.2, 0.25) is 11.8 Å². The van der Waals surface area contributed by atoms with E-state index in [1.807, 2.05) is 0 Å². The number of fused-ring (bicyclic) bond motifs is 1. The number of imide groups is 1. The minimum Gasteiger partial charge on any atom is -0.496 e. The summed E-state index contributed by atoms with van der Waals surface area (Å²) >= 11 is 3.48. The summed E-state index contributed by atoms with van der Waals surface area (Å²) in [7, 11) is 1.51. The molecule has 0 bridgehead atoms. The van der Waals surface area contributed by atoms with E-state index in [0.29, 0.717) is 11.3 Å². The fraction of sp³-hybridized carbons (Fsp3) is 0.423. The molecule has 3 fully saturated rings. The summed E-state index contributed by atoms with van der Waals surface area (Å²) in [6.07, 6.45) is 3.47. The quantitative estimate of drug-likeness (QED) is 0.294. The monoisotopic (exact) mass is 586 g/mol. The minimum absolute atomic E-state index is 0.00153. The van der Waals surface area contributed by atoms with Gasteiger partial charge in [-0.3, -0.25) is 34.2 Å². The van der Waals surface area contributed by atoms with Crippen LogP contribution in [0.15, 0.2) is 40.9 Å². The van der Waals surface area contributed by atoms with Gasteiger partial charge in [-0.1, -0.05) is 35.2 Å². The average Bonchev–Trinajstić information content (AvgIpc) is 3.38. The Morgan fingerprint density at radius 2 is 1.89 bits per heavy atom. The summed E-state index contributed by atoms with van der Waals surface area (Å²) in [4.78, 5) is 57.8. The third-order valence-corrected chi connectivity index (χ3v) is 8.07. The second-order valence-electron chi connectivity index (χ2n) is 9.76. The van der Waals surface area contributed by atoms with Crippen molar-refractivity contribution >= 4 is 39.3 Å². The summed E-state index contributed by atoms with van der Waals surface area (Å²) in [5, 5.41) is 13.3. The van der Waals surface area contributed by atoms with E-state index in [-0.39, 0.29) is 41.2 Å². The van der Waals surface area contributed by atoms with Crippen molar-refractivity contribution in [2.75, 3.05) is 7.11 Å². The number of carbonyl (C=O) groups is 3. The number of amides is 3. The SMILES string of the molecule is COc1ccc(Br)cc1C1C2C(=O)N(C3CCCCC3)C(=O)C2ON1Cc1ccc(C(N)=O)cc1[N+](=O)[O-]. The number of ether oxygens (including phenoxy) is 1. The maximum absolute atomic E-state index is 13.8. The van der Waals surface area contributed by atoms with Crippen molar-refractivity contribution < 1.29 is 28.9 Å². The molecule has 0 spiro atoms. The Bertz CT molecular complexity index is 1310. The zero-order valence-electron chi connectivity index (χ0n) is 20.7. The summed E-state index contributed by atoms with van der Waals surface area (Å²) in [6, 6.07) is 8.38. The summed E-state index contributed by atoms with van der Waals surface area (Å²) in [6.45, 7) is -0.118. The van der Waals surface area contributed by atoms with Crippen LogP contribution in [-0.4, -0.2) is 51.9 Å². The molecular weight excluding hydrogens is 560 g/mol. The lowest BCUT2D eigenvalue weighted by molar-refractivity contribution is -0.386. The third kappa shape index (κ3) is 4.56. The molecule has 0 radical (unpaired) electrons. The number of hydrogen-bond acceptors (Lipinski definition) is 8. The number of halogens is 1. The van der Waals surface area contributed by atoms with Crippen LogP contribution in [0.3, 0.4) is 0 Å². The maximum atomic E-state index is 13.8. The van der Waals surface area contributed by atoms with Crippen molar-refractivity contribution in [1.29, 1.82) is 0 Å². The molecular formula is C26H27BrN4O7. The number of nitrogens with zero attached hydrogens (tertiary/aromatic N) is 3. The van der Waals surface area contributed by atoms with Gasteiger partial charge in [0, 0.05) is 33.3 Å². The predicted molar refractivity (Wildman–Crippen MR) is 138 cm³/mol. The lowest BCUT2D eigenvalue weighted by Gasteiger charge is -2.32. The van der Waals surface area contributed by atoms with Gasteiger partial charge in [-0.25, -0.2) is 0 Å². The largest absolute Gasteiger partial charge is 0.496 e. The lowest BCUT2D eigenvalue weighted by atomic mass is 9.89. The van der Waals surface area contributed by atoms with E-state index in [4.69, 9.17) is 15.3 Å². The van der Waals surface area contributed by atoms with E-state index in [2.05, 4.69) is 15.9 Å². The highest BCUT2D eigenvalue weighted by atomic mass is 79.9. The number of carbonyl (C=O) groups excluding carboxylic acids is 3. The van der Waals surface area contributed by atoms with Gasteiger partial charge in [0.1, 0.15) is 5.75 Å². The van der Waals surface area contributed by atoms with Crippen molar-refractivity contribution in [3.8, 4) is 5.75 Å². The molecule has 2 aliphatic heterocycles. The molecule has 3 aliphatic rings. The lowest BCUT2D eigenvalue weighted by Crippen LogP contribution is -2.44. The van der Waals surface area contributed by atoms with Crippen LogP contribution in [0.1, 0.15) is 59.6 Å². The van der Waals surface area contributed by atoms with Crippen LogP contribution >= 0.6 is 15.9 Å². The molecule has 2 saturated heterocycles. The normalized spacial score (nSPS) is 24.1. The van der Waals surface area contributed by atoms with E-state index in [0.717, 1.165) is 42.6 Å². The number of nitro groups is 1. The van der Waals surface area contributed by atoms with Gasteiger partial charge < -0.3 is 10.5 Å². The minimum atomic E-state index is -1.05. The molecule has 2 aromatic rings. The first kappa shape index (κ1) is 26.3. The Balaban J connectivity index is 1.56. The van der Waals surface area contributed by atoms with E-state index >= 15 is 0 Å². The van der Waals surface area contributed by atoms with E-state index in [1.165, 1.54) is 29.2 Å². The van der Waals surface area contributed by atoms with Gasteiger partial charge in [-0.15, -0.1) is 0 Å². The molecule has 2 aromatic carbocycles. The molecule has 1 saturated carbocycles. The fourth-order valence-corrected chi connectivity index (χ4v) is 6.18. The van der Waals surface area contributed by atoms with Gasteiger partial charge in [0.25, 0.3) is 11.6 Å². The van der Waals surface area contributed by atoms with Gasteiger partial charge in [0.15, 0.2) is 6.10 Å². The van der Waals surface area contributed by atoms with Crippen LogP contribution in [0.4, 0.5) is 5.69 Å². The van der Waals surface area contributed by atoms with Crippen LogP contribution < -0.4 is 10.5 Å². The van der Waals surface area contributed by atoms with Gasteiger partial charge in [-0.2, -0.15) is 5.06 Å². The molecule has 200 valence electrons. The zero-order chi connectivity index (χ0) is 27.1. The third-order valence-electron chi connectivity index (χ3n) is 7.57. The maximum Gasteiger partial charge on any atom is 0.274 e. The van der Waals surface area contributed by atoms with Gasteiger partial charge >= 0.3 is 0 Å². The molecule has 38 heavy (non-hydrogen) atoms. The Hall–Kier alpha value is -3.35. The number of primary amides is 1. The second kappa shape index (κ2) is 10.4. The highest BCUT2D eigenvalue weighted by Crippen LogP contribution is 2.49. The van der Waals surface area contributed by atoms with Crippen molar-refractivity contribution in [2.45, 2.75) is 56.8 Å². The smallest absolute Gasteiger partial charge is 0.274 e. The first-order chi connectivity index (χ1) is 18.2. The highest BCUT2D eigenvalue weighted by molar-refractivity contribution is 9.10. The molecule has 2 N–H and O–H groups in total. The Kier molecular flexibility index (Phi) is 7.21. The van der Waals surface area contributed by atoms with Crippen LogP contribution in [0.2, 0.25) is 0 Å². The topological polar surface area (TPSA) is 145 Å². The molecule has 3 unspecified atom stereocenters. The molecule has 2 heterocycles. The van der Waals surface area contributed by atoms with E-state index in [9.17, 15) is 24.5 Å². The standard InChI is InChI=1S/C26H27BrN4O7/c1-37-20-10-9-16(27)12-18(20)22-21-23(26(34)30(25(21)33)17-5-3-2-4-6-17)38-29(22)13-15-8-7-14(24(28)32)11-19(15)31(35)36/h7-12,17,21-23H,2-6,13H2,1H3,(H2,28,32). The van der Waals surface area contributed by atoms with Crippen LogP contribution in [0.25, 0.3) is 0 Å². The number of methoxy groups -OCH3 is 1. The zero-order valence-corrected chi connectivity index (χ0v) is 22.3. The number of hydrogen-bond donors (Lipinski definition) is 1. The molecule has 0 aromatic heterocycles. The van der Waals surface area contributed by atoms with E-state index in [1.54, 1.807) is 18.2 Å². The first-order valence-corrected chi connectivity index (χ1v) is 13.2. The number of nitro benzene ring substituents is 1. The van der Waals surface area contributed by atoms with Crippen LogP contribution in [0.5, 0.6) is 5.75 Å². The molecule has 5 rings (SSSR count). The summed E-state index contributed by atoms with van der Waals surface area (Å²) < 4.78 is 6.33. The average molecular weight is 587 g/mol. The van der Waals surface area contributed by atoms with Crippen LogP contribution in [-0.2, 0) is 21.0 Å². The molecule has 11 nitrogen and oxygen atoms in total. The Morgan fingerprint density at radius 1 is 1.16 bits per heavy atom. The molecule has 3 amide bonds. The molecule has 1 aliphatic carbocycles. The first-order valence-electron chi connectivity index (χ1n) is 12.4. The Labute approximate surface area is 227 Å². The second-order valence-corrected chi connectivity index (χ2v) is 10.7. The van der Waals surface area contributed by atoms with E-state index < -0.39 is 28.9 Å². The van der Waals surface area contributed by atoms with Crippen molar-refractivity contribution in [1.82, 2.24) is 9.96 Å². The van der Waals surface area contributed by atoms with Crippen molar-refractivity contribution in [3.63, 3.8) is 0 Å². The summed E-state index contributed by atoms with van der Waals surface area (Å²) in [5.74, 6) is -1.84. The van der Waals surface area contributed by atoms with Crippen molar-refractivity contribution in [3.05, 3.63) is 67.7 Å². The molecule has 12 heteroatoms. The highest BCUT2D eigenvalue weighted by Gasteiger charge is 2.61. The number of likely N-dealkylation sites (tertiary alicyclic amines) is 1. The van der Waals surface area contributed by atoms with Gasteiger partial charge in [0.05, 0.1) is 30.5 Å². The number of hydroxylamine groups is 2. The van der Waals surface area contributed by atoms with Crippen LogP contribution in [0, 0.1) is 16.0 Å².